The first-order chi connectivity index (χ1) is 14.0. The van der Waals surface area contributed by atoms with E-state index in [1.165, 1.54) is 12.1 Å². The summed E-state index contributed by atoms with van der Waals surface area (Å²) in [5.74, 6) is -0.934. The number of para-hydroxylation sites is 1. The van der Waals surface area contributed by atoms with E-state index in [-0.39, 0.29) is 23.6 Å². The Morgan fingerprint density at radius 1 is 1.07 bits per heavy atom. The van der Waals surface area contributed by atoms with Crippen LogP contribution in [0, 0.1) is 11.3 Å². The van der Waals surface area contributed by atoms with Crippen molar-refractivity contribution in [3.63, 3.8) is 0 Å². The third-order valence-electron chi connectivity index (χ3n) is 3.60. The molecule has 7 nitrogen and oxygen atoms in total. The van der Waals surface area contributed by atoms with Crippen LogP contribution in [-0.2, 0) is 20.7 Å². The lowest BCUT2D eigenvalue weighted by molar-refractivity contribution is -0.150. The first-order valence-electron chi connectivity index (χ1n) is 8.56. The molecule has 2 aromatic carbocycles. The molecule has 0 radical (unpaired) electrons. The zero-order chi connectivity index (χ0) is 21.1. The van der Waals surface area contributed by atoms with E-state index in [9.17, 15) is 18.4 Å². The molecule has 1 amide bonds. The van der Waals surface area contributed by atoms with Gasteiger partial charge in [-0.2, -0.15) is 14.0 Å². The number of carbonyl (C=O) groups excluding carboxylic acids is 2. The molecule has 0 saturated carbocycles. The van der Waals surface area contributed by atoms with Gasteiger partial charge >= 0.3 is 12.6 Å². The maximum atomic E-state index is 12.1. The van der Waals surface area contributed by atoms with E-state index in [0.717, 1.165) is 5.56 Å². The SMILES string of the molecule is N#Cc1ccccc1OCC(=O)OCC(=O)NCCc1ccc(OC(F)F)cc1. The van der Waals surface area contributed by atoms with Gasteiger partial charge < -0.3 is 19.5 Å². The molecule has 0 aliphatic rings. The van der Waals surface area contributed by atoms with E-state index in [1.807, 2.05) is 6.07 Å². The minimum Gasteiger partial charge on any atom is -0.481 e. The van der Waals surface area contributed by atoms with Crippen LogP contribution < -0.4 is 14.8 Å². The minimum absolute atomic E-state index is 0.0549. The number of nitrogens with one attached hydrogen (secondary N) is 1. The molecule has 0 fully saturated rings. The summed E-state index contributed by atoms with van der Waals surface area (Å²) >= 11 is 0. The van der Waals surface area contributed by atoms with Gasteiger partial charge in [-0.3, -0.25) is 4.79 Å². The van der Waals surface area contributed by atoms with Crippen molar-refractivity contribution in [1.29, 1.82) is 5.26 Å². The molecule has 2 rings (SSSR count). The Bertz CT molecular complexity index is 866. The van der Waals surface area contributed by atoms with Crippen molar-refractivity contribution in [3.05, 3.63) is 59.7 Å². The fourth-order valence-corrected chi connectivity index (χ4v) is 2.24. The van der Waals surface area contributed by atoms with Crippen molar-refractivity contribution in [3.8, 4) is 17.6 Å². The van der Waals surface area contributed by atoms with Crippen molar-refractivity contribution in [2.75, 3.05) is 19.8 Å². The number of hydrogen-bond acceptors (Lipinski definition) is 6. The van der Waals surface area contributed by atoms with Crippen molar-refractivity contribution >= 4 is 11.9 Å². The highest BCUT2D eigenvalue weighted by molar-refractivity contribution is 5.80. The van der Waals surface area contributed by atoms with Crippen molar-refractivity contribution in [2.24, 2.45) is 0 Å². The zero-order valence-electron chi connectivity index (χ0n) is 15.3. The summed E-state index contributed by atoms with van der Waals surface area (Å²) in [6, 6.07) is 14.4. The van der Waals surface area contributed by atoms with Gasteiger partial charge in [-0.25, -0.2) is 4.79 Å². The van der Waals surface area contributed by atoms with Crippen molar-refractivity contribution in [2.45, 2.75) is 13.0 Å². The highest BCUT2D eigenvalue weighted by Crippen LogP contribution is 2.16. The van der Waals surface area contributed by atoms with Crippen LogP contribution in [0.4, 0.5) is 8.78 Å². The fourth-order valence-electron chi connectivity index (χ4n) is 2.24. The lowest BCUT2D eigenvalue weighted by Crippen LogP contribution is -2.31. The van der Waals surface area contributed by atoms with Gasteiger partial charge in [-0.1, -0.05) is 24.3 Å². The van der Waals surface area contributed by atoms with Gasteiger partial charge in [0.2, 0.25) is 0 Å². The summed E-state index contributed by atoms with van der Waals surface area (Å²) < 4.78 is 38.4. The van der Waals surface area contributed by atoms with Crippen LogP contribution in [0.25, 0.3) is 0 Å². The predicted molar refractivity (Wildman–Crippen MR) is 97.4 cm³/mol. The first-order valence-corrected chi connectivity index (χ1v) is 8.56. The van der Waals surface area contributed by atoms with Crippen LogP contribution in [0.15, 0.2) is 48.5 Å². The molecule has 0 spiro atoms. The number of halogens is 2. The second-order valence-electron chi connectivity index (χ2n) is 5.68. The van der Waals surface area contributed by atoms with E-state index in [0.29, 0.717) is 6.42 Å². The number of amides is 1. The molecule has 0 heterocycles. The largest absolute Gasteiger partial charge is 0.481 e. The average molecular weight is 404 g/mol. The summed E-state index contributed by atoms with van der Waals surface area (Å²) in [5, 5.41) is 11.5. The lowest BCUT2D eigenvalue weighted by Gasteiger charge is -2.09. The van der Waals surface area contributed by atoms with Crippen molar-refractivity contribution in [1.82, 2.24) is 5.32 Å². The predicted octanol–water partition coefficient (Wildman–Crippen LogP) is 2.44. The zero-order valence-corrected chi connectivity index (χ0v) is 15.3. The van der Waals surface area contributed by atoms with Crippen LogP contribution in [0.1, 0.15) is 11.1 Å². The van der Waals surface area contributed by atoms with Crippen LogP contribution in [-0.4, -0.2) is 38.2 Å². The molecule has 0 aromatic heterocycles. The van der Waals surface area contributed by atoms with E-state index in [2.05, 4.69) is 10.1 Å². The number of esters is 1. The monoisotopic (exact) mass is 404 g/mol. The summed E-state index contributed by atoms with van der Waals surface area (Å²) in [6.07, 6.45) is 0.461. The molecule has 0 aliphatic carbocycles. The Balaban J connectivity index is 1.64. The topological polar surface area (TPSA) is 97.6 Å². The number of rotatable bonds is 10. The second kappa shape index (κ2) is 11.2. The minimum atomic E-state index is -2.88. The highest BCUT2D eigenvalue weighted by atomic mass is 19.3. The molecule has 0 bridgehead atoms. The number of carbonyl (C=O) groups is 2. The van der Waals surface area contributed by atoms with E-state index in [4.69, 9.17) is 14.7 Å². The first kappa shape index (κ1) is 21.6. The summed E-state index contributed by atoms with van der Waals surface area (Å²) in [5.41, 5.74) is 1.10. The van der Waals surface area contributed by atoms with Gasteiger partial charge in [0.1, 0.15) is 17.6 Å². The number of nitrogens with zero attached hydrogens (tertiary/aromatic N) is 1. The quantitative estimate of drug-likeness (QED) is 0.611. The Hall–Kier alpha value is -3.67. The molecule has 0 aliphatic heterocycles. The third-order valence-corrected chi connectivity index (χ3v) is 3.60. The Labute approximate surface area is 165 Å². The molecule has 0 saturated heterocycles. The normalized spacial score (nSPS) is 10.1. The lowest BCUT2D eigenvalue weighted by atomic mass is 10.1. The molecule has 1 N–H and O–H groups in total. The van der Waals surface area contributed by atoms with Crippen LogP contribution in [0.3, 0.4) is 0 Å². The molecule has 152 valence electrons. The highest BCUT2D eigenvalue weighted by Gasteiger charge is 2.10. The van der Waals surface area contributed by atoms with E-state index < -0.39 is 31.7 Å². The third kappa shape index (κ3) is 7.84. The number of ether oxygens (including phenoxy) is 3. The Morgan fingerprint density at radius 3 is 2.48 bits per heavy atom. The number of hydrogen-bond donors (Lipinski definition) is 1. The van der Waals surface area contributed by atoms with E-state index in [1.54, 1.807) is 36.4 Å². The van der Waals surface area contributed by atoms with Crippen LogP contribution in [0.2, 0.25) is 0 Å². The van der Waals surface area contributed by atoms with Crippen molar-refractivity contribution < 1.29 is 32.6 Å². The van der Waals surface area contributed by atoms with Gasteiger partial charge in [-0.15, -0.1) is 0 Å². The Morgan fingerprint density at radius 2 is 1.79 bits per heavy atom. The summed E-state index contributed by atoms with van der Waals surface area (Å²) in [4.78, 5) is 23.4. The summed E-state index contributed by atoms with van der Waals surface area (Å²) in [7, 11) is 0. The Kier molecular flexibility index (Phi) is 8.38. The van der Waals surface area contributed by atoms with Gasteiger partial charge in [-0.05, 0) is 36.2 Å². The molecule has 0 unspecified atom stereocenters. The maximum Gasteiger partial charge on any atom is 0.387 e. The van der Waals surface area contributed by atoms with E-state index >= 15 is 0 Å². The molecule has 29 heavy (non-hydrogen) atoms. The van der Waals surface area contributed by atoms with Gasteiger partial charge in [0.15, 0.2) is 13.2 Å². The molecular formula is C20H18F2N2O5. The van der Waals surface area contributed by atoms with Crippen LogP contribution in [0.5, 0.6) is 11.5 Å². The second-order valence-corrected chi connectivity index (χ2v) is 5.68. The maximum absolute atomic E-state index is 12.1. The average Bonchev–Trinajstić information content (AvgIpc) is 2.71. The van der Waals surface area contributed by atoms with Crippen LogP contribution >= 0.6 is 0 Å². The molecule has 2 aromatic rings. The molecular weight excluding hydrogens is 386 g/mol. The fraction of sp³-hybridized carbons (Fsp3) is 0.250. The standard InChI is InChI=1S/C20H18F2N2O5/c21-20(22)29-16-7-5-14(6-8-16)9-10-24-18(25)12-28-19(26)13-27-17-4-2-1-3-15(17)11-23/h1-8,20H,9-10,12-13H2,(H,24,25). The van der Waals surface area contributed by atoms with Gasteiger partial charge in [0, 0.05) is 6.54 Å². The van der Waals surface area contributed by atoms with Gasteiger partial charge in [0.25, 0.3) is 5.91 Å². The molecule has 9 heteroatoms. The summed E-state index contributed by atoms with van der Waals surface area (Å²) in [6.45, 7) is -3.51. The van der Waals surface area contributed by atoms with Gasteiger partial charge in [0.05, 0.1) is 5.56 Å². The molecule has 0 atom stereocenters. The number of alkyl halides is 2. The number of nitriles is 1. The smallest absolute Gasteiger partial charge is 0.387 e. The number of benzene rings is 2.